The van der Waals surface area contributed by atoms with Gasteiger partial charge in [0.25, 0.3) is 0 Å². The maximum absolute atomic E-state index is 7.07. The molecular formula is C58H38N2O. The highest BCUT2D eigenvalue weighted by Gasteiger charge is 2.24. The van der Waals surface area contributed by atoms with Crippen LogP contribution < -0.4 is 4.90 Å². The van der Waals surface area contributed by atoms with E-state index in [1.54, 1.807) is 0 Å². The lowest BCUT2D eigenvalue weighted by Gasteiger charge is -2.27. The fourth-order valence-corrected chi connectivity index (χ4v) is 9.38. The van der Waals surface area contributed by atoms with Gasteiger partial charge in [0.15, 0.2) is 0 Å². The van der Waals surface area contributed by atoms with Gasteiger partial charge in [0.2, 0.25) is 0 Å². The third-order valence-electron chi connectivity index (χ3n) is 12.1. The lowest BCUT2D eigenvalue weighted by atomic mass is 9.96. The lowest BCUT2D eigenvalue weighted by Crippen LogP contribution is -2.10. The highest BCUT2D eigenvalue weighted by atomic mass is 16.3. The summed E-state index contributed by atoms with van der Waals surface area (Å²) in [6.45, 7) is 0. The number of rotatable bonds is 7. The molecule has 0 aliphatic rings. The molecule has 0 aliphatic carbocycles. The molecular weight excluding hydrogens is 741 g/mol. The summed E-state index contributed by atoms with van der Waals surface area (Å²) in [6, 6.07) is 82.9. The van der Waals surface area contributed by atoms with Crippen LogP contribution in [0.5, 0.6) is 0 Å². The van der Waals surface area contributed by atoms with E-state index in [4.69, 9.17) is 4.42 Å². The molecule has 286 valence electrons. The van der Waals surface area contributed by atoms with E-state index in [1.165, 1.54) is 38.2 Å². The van der Waals surface area contributed by atoms with E-state index in [-0.39, 0.29) is 0 Å². The van der Waals surface area contributed by atoms with Gasteiger partial charge in [0.05, 0.1) is 11.0 Å². The zero-order valence-corrected chi connectivity index (χ0v) is 33.2. The zero-order chi connectivity index (χ0) is 40.3. The Hall–Kier alpha value is -8.14. The minimum Gasteiger partial charge on any atom is -0.455 e. The number of hydrogen-bond acceptors (Lipinski definition) is 2. The van der Waals surface area contributed by atoms with Gasteiger partial charge in [-0.3, -0.25) is 0 Å². The van der Waals surface area contributed by atoms with E-state index in [1.807, 2.05) is 0 Å². The van der Waals surface area contributed by atoms with Crippen molar-refractivity contribution >= 4 is 71.6 Å². The van der Waals surface area contributed by atoms with Crippen molar-refractivity contribution in [2.75, 3.05) is 4.90 Å². The molecule has 2 aromatic heterocycles. The Bertz CT molecular complexity index is 3570. The first-order valence-corrected chi connectivity index (χ1v) is 20.8. The number of anilines is 3. The summed E-state index contributed by atoms with van der Waals surface area (Å²) < 4.78 is 9.49. The van der Waals surface area contributed by atoms with Crippen molar-refractivity contribution in [1.82, 2.24) is 4.57 Å². The van der Waals surface area contributed by atoms with Crippen LogP contribution in [0.1, 0.15) is 0 Å². The van der Waals surface area contributed by atoms with E-state index in [0.29, 0.717) is 0 Å². The van der Waals surface area contributed by atoms with Gasteiger partial charge in [0.1, 0.15) is 11.2 Å². The Balaban J connectivity index is 1.19. The number of furan rings is 1. The Kier molecular flexibility index (Phi) is 8.17. The van der Waals surface area contributed by atoms with Crippen molar-refractivity contribution in [3.05, 3.63) is 231 Å². The van der Waals surface area contributed by atoms with E-state index in [0.717, 1.165) is 72.4 Å². The number of para-hydroxylation sites is 3. The van der Waals surface area contributed by atoms with Crippen LogP contribution in [0, 0.1) is 0 Å². The number of nitrogens with zero attached hydrogens (tertiary/aromatic N) is 2. The van der Waals surface area contributed by atoms with Crippen molar-refractivity contribution in [1.29, 1.82) is 0 Å². The molecule has 12 aromatic rings. The third-order valence-corrected chi connectivity index (χ3v) is 12.1. The number of fused-ring (bicyclic) bond motifs is 8. The molecule has 3 nitrogen and oxygen atoms in total. The van der Waals surface area contributed by atoms with Gasteiger partial charge in [0, 0.05) is 55.4 Å². The molecule has 0 amide bonds. The second-order valence-corrected chi connectivity index (χ2v) is 15.7. The van der Waals surface area contributed by atoms with Gasteiger partial charge in [-0.25, -0.2) is 0 Å². The summed E-state index contributed by atoms with van der Waals surface area (Å²) in [5.74, 6) is 0. The fraction of sp³-hybridized carbons (Fsp3) is 0. The van der Waals surface area contributed by atoms with Gasteiger partial charge < -0.3 is 13.9 Å². The molecule has 2 heterocycles. The van der Waals surface area contributed by atoms with Crippen LogP contribution in [0.15, 0.2) is 235 Å². The maximum atomic E-state index is 7.07. The summed E-state index contributed by atoms with van der Waals surface area (Å²) in [5.41, 5.74) is 15.1. The quantitative estimate of drug-likeness (QED) is 0.161. The van der Waals surface area contributed by atoms with Gasteiger partial charge in [-0.05, 0) is 93.7 Å². The Morgan fingerprint density at radius 2 is 0.984 bits per heavy atom. The van der Waals surface area contributed by atoms with E-state index in [9.17, 15) is 0 Å². The molecule has 0 aliphatic heterocycles. The second-order valence-electron chi connectivity index (χ2n) is 15.7. The highest BCUT2D eigenvalue weighted by Crippen LogP contribution is 2.48. The molecule has 3 heteroatoms. The molecule has 12 rings (SSSR count). The Labute approximate surface area is 353 Å². The number of aromatic nitrogens is 1. The fourth-order valence-electron chi connectivity index (χ4n) is 9.38. The van der Waals surface area contributed by atoms with Gasteiger partial charge in [-0.2, -0.15) is 0 Å². The summed E-state index contributed by atoms with van der Waals surface area (Å²) in [4.78, 5) is 2.40. The van der Waals surface area contributed by atoms with Crippen molar-refractivity contribution < 1.29 is 4.42 Å². The Morgan fingerprint density at radius 1 is 0.361 bits per heavy atom. The second kappa shape index (κ2) is 14.3. The van der Waals surface area contributed by atoms with Crippen LogP contribution in [0.3, 0.4) is 0 Å². The molecule has 0 N–H and O–H groups in total. The monoisotopic (exact) mass is 778 g/mol. The Morgan fingerprint density at radius 3 is 1.77 bits per heavy atom. The standard InChI is InChI=1S/C58H38N2O/c1-4-16-39(17-5-1)41-30-33-45(34-31-41)59(46-24-14-21-43(36-46)40-18-6-2-7-19-40)47-37-52(58-53(38-47)56-48-25-11-10-20-42(48)32-35-55(56)61-58)51-28-15-27-50-49-26-12-13-29-54(49)60(57(50)51)44-22-8-3-9-23-44/h1-38H. The normalized spacial score (nSPS) is 11.6. The molecule has 0 atom stereocenters. The molecule has 0 radical (unpaired) electrons. The predicted molar refractivity (Wildman–Crippen MR) is 257 cm³/mol. The summed E-state index contributed by atoms with van der Waals surface area (Å²) in [7, 11) is 0. The van der Waals surface area contributed by atoms with Crippen molar-refractivity contribution in [3.8, 4) is 39.1 Å². The largest absolute Gasteiger partial charge is 0.455 e. The first-order chi connectivity index (χ1) is 30.3. The minimum absolute atomic E-state index is 0.866. The SMILES string of the molecule is c1ccc(-c2ccc(N(c3cccc(-c4ccccc4)c3)c3cc(-c4cccc5c6ccccc6n(-c6ccccc6)c45)c4oc5ccc6ccccc6c5c4c3)cc2)cc1. The van der Waals surface area contributed by atoms with Crippen LogP contribution in [-0.4, -0.2) is 4.57 Å². The minimum atomic E-state index is 0.866. The molecule has 0 saturated heterocycles. The summed E-state index contributed by atoms with van der Waals surface area (Å²) in [6.07, 6.45) is 0. The average molecular weight is 779 g/mol. The molecule has 61 heavy (non-hydrogen) atoms. The molecule has 10 aromatic carbocycles. The highest BCUT2D eigenvalue weighted by molar-refractivity contribution is 6.23. The van der Waals surface area contributed by atoms with Crippen LogP contribution in [-0.2, 0) is 0 Å². The van der Waals surface area contributed by atoms with E-state index in [2.05, 4.69) is 240 Å². The van der Waals surface area contributed by atoms with Crippen molar-refractivity contribution in [2.24, 2.45) is 0 Å². The number of hydrogen-bond donors (Lipinski definition) is 0. The third kappa shape index (κ3) is 5.82. The first kappa shape index (κ1) is 34.9. The smallest absolute Gasteiger partial charge is 0.143 e. The maximum Gasteiger partial charge on any atom is 0.143 e. The predicted octanol–water partition coefficient (Wildman–Crippen LogP) is 16.3. The topological polar surface area (TPSA) is 21.3 Å². The van der Waals surface area contributed by atoms with Gasteiger partial charge >= 0.3 is 0 Å². The zero-order valence-electron chi connectivity index (χ0n) is 33.2. The lowest BCUT2D eigenvalue weighted by molar-refractivity contribution is 0.670. The molecule has 0 spiro atoms. The van der Waals surface area contributed by atoms with Crippen LogP contribution in [0.2, 0.25) is 0 Å². The van der Waals surface area contributed by atoms with Crippen LogP contribution >= 0.6 is 0 Å². The van der Waals surface area contributed by atoms with Crippen LogP contribution in [0.4, 0.5) is 17.1 Å². The first-order valence-electron chi connectivity index (χ1n) is 20.8. The van der Waals surface area contributed by atoms with Crippen LogP contribution in [0.25, 0.3) is 93.6 Å². The average Bonchev–Trinajstić information content (AvgIpc) is 3.89. The summed E-state index contributed by atoms with van der Waals surface area (Å²) in [5, 5.41) is 6.95. The van der Waals surface area contributed by atoms with Gasteiger partial charge in [-0.15, -0.1) is 0 Å². The van der Waals surface area contributed by atoms with Crippen molar-refractivity contribution in [2.45, 2.75) is 0 Å². The molecule has 0 saturated carbocycles. The number of benzene rings is 10. The van der Waals surface area contributed by atoms with Crippen molar-refractivity contribution in [3.63, 3.8) is 0 Å². The molecule has 0 unspecified atom stereocenters. The molecule has 0 bridgehead atoms. The van der Waals surface area contributed by atoms with E-state index < -0.39 is 0 Å². The van der Waals surface area contributed by atoms with Gasteiger partial charge in [-0.1, -0.05) is 170 Å². The summed E-state index contributed by atoms with van der Waals surface area (Å²) >= 11 is 0. The molecule has 0 fully saturated rings. The van der Waals surface area contributed by atoms with E-state index >= 15 is 0 Å².